The monoisotopic (exact) mass is 267 g/mol. The van der Waals surface area contributed by atoms with Gasteiger partial charge in [0, 0.05) is 25.6 Å². The van der Waals surface area contributed by atoms with Crippen LogP contribution >= 0.6 is 0 Å². The van der Waals surface area contributed by atoms with Crippen molar-refractivity contribution in [3.8, 4) is 11.5 Å². The summed E-state index contributed by atoms with van der Waals surface area (Å²) in [5.74, 6) is 1.60. The van der Waals surface area contributed by atoms with Gasteiger partial charge in [-0.15, -0.1) is 0 Å². The molecule has 0 saturated carbocycles. The van der Waals surface area contributed by atoms with Crippen LogP contribution in [-0.4, -0.2) is 44.7 Å². The molecule has 1 aromatic carbocycles. The smallest absolute Gasteiger partial charge is 0.165 e. The highest BCUT2D eigenvalue weighted by Crippen LogP contribution is 2.33. The van der Waals surface area contributed by atoms with Crippen molar-refractivity contribution in [1.82, 2.24) is 5.32 Å². The van der Waals surface area contributed by atoms with Gasteiger partial charge in [0.15, 0.2) is 11.5 Å². The molecule has 0 aliphatic carbocycles. The quantitative estimate of drug-likeness (QED) is 0.803. The first-order chi connectivity index (χ1) is 9.35. The number of methoxy groups -OCH3 is 1. The van der Waals surface area contributed by atoms with E-state index < -0.39 is 0 Å². The maximum atomic E-state index is 9.22. The van der Waals surface area contributed by atoms with Gasteiger partial charge in [0.1, 0.15) is 0 Å². The van der Waals surface area contributed by atoms with Crippen LogP contribution in [0, 0.1) is 0 Å². The van der Waals surface area contributed by atoms with Crippen LogP contribution in [0.25, 0.3) is 0 Å². The second-order valence-corrected chi connectivity index (χ2v) is 4.51. The zero-order valence-corrected chi connectivity index (χ0v) is 11.2. The van der Waals surface area contributed by atoms with E-state index >= 15 is 0 Å². The first-order valence-corrected chi connectivity index (χ1v) is 6.56. The van der Waals surface area contributed by atoms with E-state index in [4.69, 9.17) is 14.2 Å². The molecule has 0 radical (unpaired) electrons. The minimum atomic E-state index is -0.0763. The normalized spacial score (nSPS) is 15.9. The lowest BCUT2D eigenvalue weighted by Crippen LogP contribution is -2.36. The molecular weight excluding hydrogens is 246 g/mol. The predicted octanol–water partition coefficient (Wildman–Crippen LogP) is 0.945. The van der Waals surface area contributed by atoms with Crippen LogP contribution in [0.4, 0.5) is 0 Å². The average Bonchev–Trinajstić information content (AvgIpc) is 2.69. The van der Waals surface area contributed by atoms with E-state index in [0.717, 1.165) is 23.5 Å². The Morgan fingerprint density at radius 1 is 1.37 bits per heavy atom. The molecule has 5 nitrogen and oxygen atoms in total. The number of hydrogen-bond acceptors (Lipinski definition) is 5. The lowest BCUT2D eigenvalue weighted by atomic mass is 10.1. The average molecular weight is 267 g/mol. The van der Waals surface area contributed by atoms with Crippen LogP contribution in [0.1, 0.15) is 12.0 Å². The number of nitrogens with one attached hydrogen (secondary N) is 1. The Hall–Kier alpha value is -1.30. The fourth-order valence-electron chi connectivity index (χ4n) is 2.02. The molecule has 0 saturated heterocycles. The van der Waals surface area contributed by atoms with E-state index in [1.54, 1.807) is 7.11 Å². The zero-order chi connectivity index (χ0) is 13.5. The number of benzene rings is 1. The van der Waals surface area contributed by atoms with E-state index in [0.29, 0.717) is 26.4 Å². The highest BCUT2D eigenvalue weighted by molar-refractivity contribution is 5.47. The Morgan fingerprint density at radius 3 is 3.00 bits per heavy atom. The summed E-state index contributed by atoms with van der Waals surface area (Å²) in [7, 11) is 1.62. The van der Waals surface area contributed by atoms with Crippen molar-refractivity contribution < 1.29 is 19.3 Å². The maximum Gasteiger partial charge on any atom is 0.165 e. The lowest BCUT2D eigenvalue weighted by molar-refractivity contribution is 0.128. The van der Waals surface area contributed by atoms with Gasteiger partial charge in [-0.3, -0.25) is 0 Å². The molecule has 0 amide bonds. The standard InChI is InChI=1S/C14H21NO4/c1-17-10-12(9-16)15-8-11-4-2-5-13-14(11)19-7-3-6-18-13/h2,4-5,12,15-16H,3,6-10H2,1H3. The summed E-state index contributed by atoms with van der Waals surface area (Å²) >= 11 is 0. The third kappa shape index (κ3) is 3.83. The predicted molar refractivity (Wildman–Crippen MR) is 71.6 cm³/mol. The Bertz CT molecular complexity index is 397. The van der Waals surface area contributed by atoms with Gasteiger partial charge in [-0.25, -0.2) is 0 Å². The molecule has 19 heavy (non-hydrogen) atoms. The summed E-state index contributed by atoms with van der Waals surface area (Å²) < 4.78 is 16.4. The second kappa shape index (κ2) is 7.33. The maximum absolute atomic E-state index is 9.22. The van der Waals surface area contributed by atoms with Gasteiger partial charge in [0.05, 0.1) is 32.5 Å². The van der Waals surface area contributed by atoms with E-state index in [2.05, 4.69) is 5.32 Å². The third-order valence-electron chi connectivity index (χ3n) is 3.02. The van der Waals surface area contributed by atoms with Crippen molar-refractivity contribution in [2.45, 2.75) is 19.0 Å². The van der Waals surface area contributed by atoms with Crippen molar-refractivity contribution in [2.24, 2.45) is 0 Å². The number of hydrogen-bond donors (Lipinski definition) is 2. The Kier molecular flexibility index (Phi) is 5.44. The van der Waals surface area contributed by atoms with Crippen LogP contribution in [-0.2, 0) is 11.3 Å². The van der Waals surface area contributed by atoms with Crippen LogP contribution in [0.2, 0.25) is 0 Å². The van der Waals surface area contributed by atoms with E-state index in [1.165, 1.54) is 0 Å². The molecule has 1 aliphatic heterocycles. The second-order valence-electron chi connectivity index (χ2n) is 4.51. The number of fused-ring (bicyclic) bond motifs is 1. The van der Waals surface area contributed by atoms with Crippen molar-refractivity contribution in [3.05, 3.63) is 23.8 Å². The highest BCUT2D eigenvalue weighted by Gasteiger charge is 2.15. The van der Waals surface area contributed by atoms with Crippen LogP contribution < -0.4 is 14.8 Å². The molecule has 2 rings (SSSR count). The van der Waals surface area contributed by atoms with E-state index in [-0.39, 0.29) is 12.6 Å². The Morgan fingerprint density at radius 2 is 2.21 bits per heavy atom. The minimum absolute atomic E-state index is 0.0419. The van der Waals surface area contributed by atoms with Gasteiger partial charge >= 0.3 is 0 Å². The largest absolute Gasteiger partial charge is 0.490 e. The molecule has 5 heteroatoms. The number of aliphatic hydroxyl groups excluding tert-OH is 1. The van der Waals surface area contributed by atoms with Crippen molar-refractivity contribution in [2.75, 3.05) is 33.5 Å². The lowest BCUT2D eigenvalue weighted by Gasteiger charge is -2.17. The fraction of sp³-hybridized carbons (Fsp3) is 0.571. The molecule has 1 atom stereocenters. The molecule has 0 spiro atoms. The molecule has 0 fully saturated rings. The SMILES string of the molecule is COCC(CO)NCc1cccc2c1OCCCO2. The van der Waals surface area contributed by atoms with Gasteiger partial charge in [0.2, 0.25) is 0 Å². The number of rotatable bonds is 6. The zero-order valence-electron chi connectivity index (χ0n) is 11.2. The summed E-state index contributed by atoms with van der Waals surface area (Å²) in [4.78, 5) is 0. The van der Waals surface area contributed by atoms with Crippen molar-refractivity contribution in [3.63, 3.8) is 0 Å². The number of aliphatic hydroxyl groups is 1. The summed E-state index contributed by atoms with van der Waals surface area (Å²) in [6, 6.07) is 5.80. The molecule has 2 N–H and O–H groups in total. The first-order valence-electron chi connectivity index (χ1n) is 6.56. The summed E-state index contributed by atoms with van der Waals surface area (Å²) in [6.45, 7) is 2.49. The van der Waals surface area contributed by atoms with E-state index in [9.17, 15) is 5.11 Å². The highest BCUT2D eigenvalue weighted by atomic mass is 16.5. The summed E-state index contributed by atoms with van der Waals surface area (Å²) in [5.41, 5.74) is 1.04. The molecule has 1 heterocycles. The van der Waals surface area contributed by atoms with Crippen LogP contribution in [0.3, 0.4) is 0 Å². The van der Waals surface area contributed by atoms with Crippen LogP contribution in [0.5, 0.6) is 11.5 Å². The molecule has 1 aliphatic rings. The molecule has 1 unspecified atom stereocenters. The van der Waals surface area contributed by atoms with Crippen molar-refractivity contribution >= 4 is 0 Å². The topological polar surface area (TPSA) is 60.0 Å². The third-order valence-corrected chi connectivity index (χ3v) is 3.02. The van der Waals surface area contributed by atoms with Crippen molar-refractivity contribution in [1.29, 1.82) is 0 Å². The minimum Gasteiger partial charge on any atom is -0.490 e. The Labute approximate surface area is 113 Å². The number of para-hydroxylation sites is 1. The molecular formula is C14H21NO4. The van der Waals surface area contributed by atoms with Crippen LogP contribution in [0.15, 0.2) is 18.2 Å². The van der Waals surface area contributed by atoms with E-state index in [1.807, 2.05) is 18.2 Å². The van der Waals surface area contributed by atoms with Gasteiger partial charge in [-0.2, -0.15) is 0 Å². The van der Waals surface area contributed by atoms with Gasteiger partial charge in [-0.05, 0) is 6.07 Å². The summed E-state index contributed by atoms with van der Waals surface area (Å²) in [6.07, 6.45) is 0.893. The molecule has 1 aromatic rings. The van der Waals surface area contributed by atoms with Gasteiger partial charge < -0.3 is 24.6 Å². The first kappa shape index (κ1) is 14.1. The number of ether oxygens (including phenoxy) is 3. The Balaban J connectivity index is 2.03. The molecule has 0 bridgehead atoms. The van der Waals surface area contributed by atoms with Gasteiger partial charge in [0.25, 0.3) is 0 Å². The van der Waals surface area contributed by atoms with Gasteiger partial charge in [-0.1, -0.05) is 12.1 Å². The fourth-order valence-corrected chi connectivity index (χ4v) is 2.02. The summed E-state index contributed by atoms with van der Waals surface area (Å²) in [5, 5.41) is 12.5. The molecule has 106 valence electrons. The molecule has 0 aromatic heterocycles.